The van der Waals surface area contributed by atoms with Gasteiger partial charge in [0, 0.05) is 51.7 Å². The number of ether oxygens (including phenoxy) is 1. The summed E-state index contributed by atoms with van der Waals surface area (Å²) >= 11 is 0. The summed E-state index contributed by atoms with van der Waals surface area (Å²) in [7, 11) is 0. The molecule has 1 saturated heterocycles. The molecule has 1 aromatic carbocycles. The summed E-state index contributed by atoms with van der Waals surface area (Å²) in [6, 6.07) is 3.33. The highest BCUT2D eigenvalue weighted by molar-refractivity contribution is 5.97. The molecule has 44 heavy (non-hydrogen) atoms. The number of pyridine rings is 1. The molecule has 232 valence electrons. The summed E-state index contributed by atoms with van der Waals surface area (Å²) < 4.78 is 45.7. The average Bonchev–Trinajstić information content (AvgIpc) is 3.66. The van der Waals surface area contributed by atoms with E-state index in [0.29, 0.717) is 28.3 Å². The summed E-state index contributed by atoms with van der Waals surface area (Å²) in [6.45, 7) is 10.5. The summed E-state index contributed by atoms with van der Waals surface area (Å²) in [5.41, 5.74) is -1.31. The van der Waals surface area contributed by atoms with Gasteiger partial charge in [-0.1, -0.05) is 31.9 Å². The maximum Gasteiger partial charge on any atom is 0.471 e. The second kappa shape index (κ2) is 9.93. The molecule has 1 aliphatic heterocycles. The Morgan fingerprint density at radius 1 is 1.18 bits per heavy atom. The van der Waals surface area contributed by atoms with Gasteiger partial charge in [-0.15, -0.1) is 6.42 Å². The molecule has 6 atom stereocenters. The van der Waals surface area contributed by atoms with Crippen LogP contribution >= 0.6 is 0 Å². The Bertz CT molecular complexity index is 1650. The summed E-state index contributed by atoms with van der Waals surface area (Å²) in [4.78, 5) is 45.7. The van der Waals surface area contributed by atoms with Crippen LogP contribution in [-0.4, -0.2) is 64.1 Å². The quantitative estimate of drug-likeness (QED) is 0.461. The second-order valence-corrected chi connectivity index (χ2v) is 13.5. The van der Waals surface area contributed by atoms with Gasteiger partial charge in [0.05, 0.1) is 17.8 Å². The first-order chi connectivity index (χ1) is 20.4. The number of aromatic nitrogens is 1. The monoisotopic (exact) mass is 609 g/mol. The molecule has 2 aliphatic carbocycles. The zero-order chi connectivity index (χ0) is 32.6. The Kier molecular flexibility index (Phi) is 7.06. The van der Waals surface area contributed by atoms with Gasteiger partial charge < -0.3 is 20.3 Å². The maximum atomic E-state index is 14.1. The number of carbonyl (C=O) groups excluding carboxylic acids is 3. The van der Waals surface area contributed by atoms with Crippen molar-refractivity contribution in [2.75, 3.05) is 6.54 Å². The molecular formula is C32H34F3N5O4. The van der Waals surface area contributed by atoms with Crippen molar-refractivity contribution >= 4 is 28.5 Å². The van der Waals surface area contributed by atoms with Crippen molar-refractivity contribution < 1.29 is 32.3 Å². The predicted molar refractivity (Wildman–Crippen MR) is 153 cm³/mol. The molecule has 2 aromatic rings. The van der Waals surface area contributed by atoms with Crippen LogP contribution in [0.1, 0.15) is 65.1 Å². The van der Waals surface area contributed by atoms with E-state index in [1.165, 1.54) is 18.0 Å². The lowest BCUT2D eigenvalue weighted by atomic mass is 9.80. The lowest BCUT2D eigenvalue weighted by Gasteiger charge is -2.42. The number of nitrogens with one attached hydrogen (secondary N) is 2. The largest absolute Gasteiger partial charge is 0.471 e. The Hall–Kier alpha value is -4.16. The number of hydrogen-bond acceptors (Lipinski definition) is 6. The van der Waals surface area contributed by atoms with E-state index in [1.807, 2.05) is 19.2 Å². The van der Waals surface area contributed by atoms with E-state index in [9.17, 15) is 32.8 Å². The van der Waals surface area contributed by atoms with Gasteiger partial charge >= 0.3 is 12.1 Å². The first-order valence-electron chi connectivity index (χ1n) is 14.3. The van der Waals surface area contributed by atoms with Gasteiger partial charge in [0.1, 0.15) is 18.1 Å². The predicted octanol–water partition coefficient (Wildman–Crippen LogP) is 3.77. The lowest BCUT2D eigenvalue weighted by molar-refractivity contribution is -0.178. The molecule has 0 radical (unpaired) electrons. The minimum atomic E-state index is -5.24. The number of hydrogen-bond donors (Lipinski definition) is 2. The van der Waals surface area contributed by atoms with E-state index in [2.05, 4.69) is 22.3 Å². The molecule has 2 unspecified atom stereocenters. The van der Waals surface area contributed by atoms with Crippen LogP contribution in [0.3, 0.4) is 0 Å². The smallest absolute Gasteiger partial charge is 0.370 e. The fourth-order valence-electron chi connectivity index (χ4n) is 7.69. The number of halogens is 3. The van der Waals surface area contributed by atoms with E-state index in [0.717, 1.165) is 0 Å². The van der Waals surface area contributed by atoms with Gasteiger partial charge in [0.25, 0.3) is 0 Å². The average molecular weight is 610 g/mol. The molecule has 2 N–H and O–H groups in total. The molecule has 3 fully saturated rings. The fourth-order valence-corrected chi connectivity index (χ4v) is 7.69. The van der Waals surface area contributed by atoms with Crippen molar-refractivity contribution in [2.45, 2.75) is 84.0 Å². The minimum Gasteiger partial charge on any atom is -0.370 e. The number of rotatable bonds is 7. The molecule has 0 spiro atoms. The van der Waals surface area contributed by atoms with Crippen LogP contribution in [0.5, 0.6) is 0 Å². The standard InChI is InChI=1S/C32H34F3N5O4/c1-8-18-10-9-11-19-13-37-14-20(22(18)19)21(12-36)38-25(41)24-31-15-30(31,29(31,6)7)16-40(24)26(42)23(17(2)44-28(3,4)5)39-27(43)32(33,34)35/h1,9-11,13-14,17,21,23-24H,15-16H2,2-7H3,(H,38,41)(H,39,43)/t17-,21?,23+,24-,30-,31?/m1/s1. The summed E-state index contributed by atoms with van der Waals surface area (Å²) in [5.74, 6) is -1.19. The number of nitrogens with zero attached hydrogens (tertiary/aromatic N) is 3. The molecule has 2 heterocycles. The number of piperidine rings is 2. The Morgan fingerprint density at radius 2 is 1.86 bits per heavy atom. The van der Waals surface area contributed by atoms with Crippen LogP contribution < -0.4 is 10.6 Å². The molecule has 3 amide bonds. The van der Waals surface area contributed by atoms with E-state index < -0.39 is 64.6 Å². The van der Waals surface area contributed by atoms with Crippen molar-refractivity contribution in [2.24, 2.45) is 16.2 Å². The highest BCUT2D eigenvalue weighted by Crippen LogP contribution is 3.00. The molecule has 12 heteroatoms. The summed E-state index contributed by atoms with van der Waals surface area (Å²) in [6.07, 6.45) is 3.00. The van der Waals surface area contributed by atoms with Gasteiger partial charge in [-0.2, -0.15) is 18.4 Å². The Balaban J connectivity index is 1.49. The van der Waals surface area contributed by atoms with Crippen molar-refractivity contribution in [3.63, 3.8) is 0 Å². The number of alkyl halides is 3. The number of terminal acetylenes is 1. The van der Waals surface area contributed by atoms with Gasteiger partial charge in [-0.25, -0.2) is 0 Å². The Labute approximate surface area is 253 Å². The third-order valence-electron chi connectivity index (χ3n) is 9.82. The zero-order valence-corrected chi connectivity index (χ0v) is 25.3. The van der Waals surface area contributed by atoms with Crippen LogP contribution in [0.15, 0.2) is 30.6 Å². The normalized spacial score (nSPS) is 26.7. The topological polar surface area (TPSA) is 124 Å². The lowest BCUT2D eigenvalue weighted by Crippen LogP contribution is -2.62. The number of fused-ring (bicyclic) bond motifs is 1. The molecule has 3 aliphatic rings. The van der Waals surface area contributed by atoms with Crippen LogP contribution in [-0.2, 0) is 19.1 Å². The first-order valence-corrected chi connectivity index (χ1v) is 14.3. The third-order valence-corrected chi connectivity index (χ3v) is 9.82. The number of amides is 3. The van der Waals surface area contributed by atoms with Crippen LogP contribution in [0, 0.1) is 39.9 Å². The van der Waals surface area contributed by atoms with E-state index in [4.69, 9.17) is 11.2 Å². The summed E-state index contributed by atoms with van der Waals surface area (Å²) in [5, 5.41) is 16.0. The maximum absolute atomic E-state index is 14.1. The van der Waals surface area contributed by atoms with E-state index in [-0.39, 0.29) is 12.0 Å². The number of nitriles is 1. The van der Waals surface area contributed by atoms with Gasteiger partial charge in [-0.3, -0.25) is 19.4 Å². The second-order valence-electron chi connectivity index (χ2n) is 13.5. The van der Waals surface area contributed by atoms with Crippen LogP contribution in [0.25, 0.3) is 10.8 Å². The Morgan fingerprint density at radius 3 is 2.43 bits per heavy atom. The van der Waals surface area contributed by atoms with Crippen molar-refractivity contribution in [1.82, 2.24) is 20.5 Å². The van der Waals surface area contributed by atoms with Crippen molar-refractivity contribution in [3.05, 3.63) is 41.7 Å². The fraction of sp³-hybridized carbons (Fsp3) is 0.531. The molecule has 1 aromatic heterocycles. The van der Waals surface area contributed by atoms with Crippen molar-refractivity contribution in [1.29, 1.82) is 5.26 Å². The zero-order valence-electron chi connectivity index (χ0n) is 25.3. The van der Waals surface area contributed by atoms with E-state index in [1.54, 1.807) is 45.2 Å². The first kappa shape index (κ1) is 31.3. The highest BCUT2D eigenvalue weighted by Gasteiger charge is 3.02. The third kappa shape index (κ3) is 4.50. The molecular weight excluding hydrogens is 575 g/mol. The van der Waals surface area contributed by atoms with Gasteiger partial charge in [-0.05, 0) is 45.6 Å². The van der Waals surface area contributed by atoms with Crippen LogP contribution in [0.4, 0.5) is 13.2 Å². The van der Waals surface area contributed by atoms with E-state index >= 15 is 0 Å². The highest BCUT2D eigenvalue weighted by atomic mass is 19.4. The SMILES string of the molecule is C#Cc1cccc2cncc(C(C#N)NC(=O)[C@H]3N(C(=O)[C@@H](NC(=O)C(F)(F)F)[C@@H](C)OC(C)(C)C)C[C@@]45CC34C5(C)C)c12. The molecule has 9 nitrogen and oxygen atoms in total. The minimum absolute atomic E-state index is 0.117. The number of benzene rings is 1. The molecule has 5 rings (SSSR count). The van der Waals surface area contributed by atoms with Crippen molar-refractivity contribution in [3.8, 4) is 18.4 Å². The number of likely N-dealkylation sites (tertiary alicyclic amines) is 1. The van der Waals surface area contributed by atoms with Gasteiger partial charge in [0.2, 0.25) is 11.8 Å². The number of carbonyl (C=O) groups is 3. The molecule has 2 saturated carbocycles. The molecule has 0 bridgehead atoms. The van der Waals surface area contributed by atoms with Gasteiger partial charge in [0.15, 0.2) is 0 Å². The van der Waals surface area contributed by atoms with Crippen LogP contribution in [0.2, 0.25) is 0 Å².